The van der Waals surface area contributed by atoms with E-state index >= 15 is 4.39 Å². The number of carbonyl (C=O) groups is 1. The predicted molar refractivity (Wildman–Crippen MR) is 116 cm³/mol. The van der Waals surface area contributed by atoms with E-state index in [1.807, 2.05) is 0 Å². The van der Waals surface area contributed by atoms with Crippen LogP contribution in [0.1, 0.15) is 40.1 Å². The van der Waals surface area contributed by atoms with Gasteiger partial charge < -0.3 is 15.4 Å². The first kappa shape index (κ1) is 21.9. The van der Waals surface area contributed by atoms with Gasteiger partial charge in [0.05, 0.1) is 33.9 Å². The molecule has 0 fully saturated rings. The van der Waals surface area contributed by atoms with Gasteiger partial charge >= 0.3 is 6.18 Å². The number of ether oxygens (including phenoxy) is 1. The summed E-state index contributed by atoms with van der Waals surface area (Å²) in [6, 6.07) is 5.02. The van der Waals surface area contributed by atoms with Crippen molar-refractivity contribution in [3.63, 3.8) is 0 Å². The fraction of sp³-hybridized carbons (Fsp3) is 0.261. The second kappa shape index (κ2) is 7.57. The number of nitrogens with two attached hydrogens (primary N) is 1. The van der Waals surface area contributed by atoms with E-state index in [9.17, 15) is 18.0 Å². The van der Waals surface area contributed by atoms with E-state index in [1.54, 1.807) is 18.2 Å². The molecular weight excluding hydrogens is 454 g/mol. The molecule has 0 radical (unpaired) electrons. The van der Waals surface area contributed by atoms with Gasteiger partial charge in [0.1, 0.15) is 35.8 Å². The van der Waals surface area contributed by atoms with E-state index in [2.05, 4.69) is 9.97 Å². The first-order valence-electron chi connectivity index (χ1n) is 10.5. The molecule has 3 heterocycles. The zero-order valence-electron chi connectivity index (χ0n) is 18.2. The molecule has 1 unspecified atom stereocenters. The molecule has 4 aromatic rings. The molecule has 5 rings (SSSR count). The van der Waals surface area contributed by atoms with Crippen LogP contribution in [0, 0.1) is 12.7 Å². The number of rotatable bonds is 3. The quantitative estimate of drug-likeness (QED) is 0.442. The van der Waals surface area contributed by atoms with Gasteiger partial charge in [-0.3, -0.25) is 9.20 Å². The Hall–Kier alpha value is -3.89. The van der Waals surface area contributed by atoms with Crippen LogP contribution in [0.2, 0.25) is 0 Å². The summed E-state index contributed by atoms with van der Waals surface area (Å²) in [4.78, 5) is 23.3. The summed E-state index contributed by atoms with van der Waals surface area (Å²) in [7, 11) is 0. The van der Waals surface area contributed by atoms with Crippen molar-refractivity contribution in [2.45, 2.75) is 26.1 Å². The third-order valence-electron chi connectivity index (χ3n) is 6.06. The number of halogens is 4. The minimum absolute atomic E-state index is 0.0333. The fourth-order valence-corrected chi connectivity index (χ4v) is 4.40. The van der Waals surface area contributed by atoms with Crippen LogP contribution in [0.4, 0.5) is 23.4 Å². The lowest BCUT2D eigenvalue weighted by Gasteiger charge is -2.27. The van der Waals surface area contributed by atoms with Gasteiger partial charge in [0, 0.05) is 18.2 Å². The van der Waals surface area contributed by atoms with Crippen LogP contribution in [0.3, 0.4) is 0 Å². The van der Waals surface area contributed by atoms with Gasteiger partial charge in [-0.25, -0.2) is 14.4 Å². The number of imidazole rings is 1. The predicted octanol–water partition coefficient (Wildman–Crippen LogP) is 4.53. The van der Waals surface area contributed by atoms with E-state index in [1.165, 1.54) is 23.4 Å². The zero-order valence-corrected chi connectivity index (χ0v) is 18.2. The Labute approximate surface area is 190 Å². The van der Waals surface area contributed by atoms with E-state index < -0.39 is 29.5 Å². The van der Waals surface area contributed by atoms with Gasteiger partial charge in [-0.1, -0.05) is 6.07 Å². The Balaban J connectivity index is 1.57. The largest absolute Gasteiger partial charge is 0.491 e. The molecule has 1 aliphatic heterocycles. The normalized spacial score (nSPS) is 15.5. The smallest absolute Gasteiger partial charge is 0.416 e. The summed E-state index contributed by atoms with van der Waals surface area (Å²) in [5, 5.41) is 0. The van der Waals surface area contributed by atoms with E-state index in [-0.39, 0.29) is 35.8 Å². The summed E-state index contributed by atoms with van der Waals surface area (Å²) in [5.74, 6) is -1.16. The highest BCUT2D eigenvalue weighted by atomic mass is 19.4. The number of amides is 1. The van der Waals surface area contributed by atoms with Gasteiger partial charge in [-0.2, -0.15) is 13.2 Å². The molecule has 2 aromatic heterocycles. The highest BCUT2D eigenvalue weighted by molar-refractivity contribution is 5.99. The highest BCUT2D eigenvalue weighted by Gasteiger charge is 2.37. The minimum atomic E-state index is -4.51. The van der Waals surface area contributed by atoms with E-state index in [4.69, 9.17) is 10.5 Å². The lowest BCUT2D eigenvalue weighted by atomic mass is 10.0. The van der Waals surface area contributed by atoms with Crippen molar-refractivity contribution in [1.29, 1.82) is 0 Å². The van der Waals surface area contributed by atoms with Crippen molar-refractivity contribution in [2.75, 3.05) is 18.9 Å². The third-order valence-corrected chi connectivity index (χ3v) is 6.06. The second-order valence-corrected chi connectivity index (χ2v) is 8.03. The number of nitrogen functional groups attached to an aromatic ring is 1. The number of carbonyl (C=O) groups excluding carboxylic acids is 1. The first-order chi connectivity index (χ1) is 16.1. The molecule has 11 heteroatoms. The molecule has 34 heavy (non-hydrogen) atoms. The molecule has 0 aliphatic carbocycles. The summed E-state index contributed by atoms with van der Waals surface area (Å²) >= 11 is 0. The Bertz CT molecular complexity index is 1460. The van der Waals surface area contributed by atoms with E-state index in [0.717, 1.165) is 18.2 Å². The Morgan fingerprint density at radius 1 is 1.29 bits per heavy atom. The maximum absolute atomic E-state index is 15.1. The molecule has 0 saturated carbocycles. The molecule has 0 bridgehead atoms. The summed E-state index contributed by atoms with van der Waals surface area (Å²) in [6.45, 7) is 3.62. The van der Waals surface area contributed by atoms with Gasteiger partial charge in [0.2, 0.25) is 0 Å². The van der Waals surface area contributed by atoms with Gasteiger partial charge in [-0.05, 0) is 32.0 Å². The van der Waals surface area contributed by atoms with Gasteiger partial charge in [0.15, 0.2) is 0 Å². The lowest BCUT2D eigenvalue weighted by Crippen LogP contribution is -2.36. The molecule has 0 saturated heterocycles. The van der Waals surface area contributed by atoms with Crippen LogP contribution >= 0.6 is 0 Å². The van der Waals surface area contributed by atoms with Crippen molar-refractivity contribution in [2.24, 2.45) is 0 Å². The van der Waals surface area contributed by atoms with Crippen molar-refractivity contribution in [3.05, 3.63) is 64.9 Å². The van der Waals surface area contributed by atoms with Crippen LogP contribution in [-0.4, -0.2) is 38.3 Å². The first-order valence-corrected chi connectivity index (χ1v) is 10.5. The lowest BCUT2D eigenvalue weighted by molar-refractivity contribution is -0.137. The number of hydrogen-bond acceptors (Lipinski definition) is 5. The number of likely N-dealkylation sites (N-methyl/N-ethyl adjacent to an activating group) is 1. The standard InChI is InChI=1S/C23H19F4N5O2/c1-3-31(18-9-34-19-6-12(23(25,26)27)4-5-13(18)19)22(33)14-7-17-16(8-15(14)24)30-21(28)20-11(2)29-10-32(17)20/h4-8,10,18H,3,9H2,1-2H3,(H2,28,30). The van der Waals surface area contributed by atoms with Crippen molar-refractivity contribution >= 4 is 28.3 Å². The Morgan fingerprint density at radius 3 is 2.76 bits per heavy atom. The Morgan fingerprint density at radius 2 is 2.06 bits per heavy atom. The van der Waals surface area contributed by atoms with Crippen molar-refractivity contribution in [3.8, 4) is 5.75 Å². The minimum Gasteiger partial charge on any atom is -0.491 e. The molecule has 7 nitrogen and oxygen atoms in total. The monoisotopic (exact) mass is 473 g/mol. The Kier molecular flexibility index (Phi) is 4.88. The second-order valence-electron chi connectivity index (χ2n) is 8.03. The SMILES string of the molecule is CCN(C(=O)c1cc2c(cc1F)nc(N)c1c(C)ncn12)C1COc2cc(C(F)(F)F)ccc21. The molecule has 1 amide bonds. The highest BCUT2D eigenvalue weighted by Crippen LogP contribution is 2.41. The number of nitrogens with zero attached hydrogens (tertiary/aromatic N) is 4. The van der Waals surface area contributed by atoms with E-state index in [0.29, 0.717) is 22.3 Å². The van der Waals surface area contributed by atoms with Crippen molar-refractivity contribution < 1.29 is 27.1 Å². The molecular formula is C23H19F4N5O2. The molecule has 1 aliphatic rings. The summed E-state index contributed by atoms with van der Waals surface area (Å²) in [6.07, 6.45) is -2.99. The van der Waals surface area contributed by atoms with Crippen molar-refractivity contribution in [1.82, 2.24) is 19.3 Å². The van der Waals surface area contributed by atoms with Crippen LogP contribution in [-0.2, 0) is 6.18 Å². The summed E-state index contributed by atoms with van der Waals surface area (Å²) in [5.41, 5.74) is 7.29. The van der Waals surface area contributed by atoms with Crippen LogP contribution in [0.15, 0.2) is 36.7 Å². The van der Waals surface area contributed by atoms with Gasteiger partial charge in [-0.15, -0.1) is 0 Å². The van der Waals surface area contributed by atoms with Gasteiger partial charge in [0.25, 0.3) is 5.91 Å². The maximum Gasteiger partial charge on any atom is 0.416 e. The topological polar surface area (TPSA) is 85.8 Å². The molecule has 2 N–H and O–H groups in total. The number of aryl methyl sites for hydroxylation is 1. The number of alkyl halides is 3. The van der Waals surface area contributed by atoms with Crippen LogP contribution in [0.5, 0.6) is 5.75 Å². The maximum atomic E-state index is 15.1. The fourth-order valence-electron chi connectivity index (χ4n) is 4.40. The van der Waals surface area contributed by atoms with Crippen LogP contribution in [0.25, 0.3) is 16.6 Å². The number of anilines is 1. The molecule has 1 atom stereocenters. The zero-order chi connectivity index (χ0) is 24.4. The molecule has 176 valence electrons. The average molecular weight is 473 g/mol. The number of hydrogen-bond donors (Lipinski definition) is 1. The average Bonchev–Trinajstić information content (AvgIpc) is 3.37. The third kappa shape index (κ3) is 3.30. The summed E-state index contributed by atoms with van der Waals surface area (Å²) < 4.78 is 61.3. The number of fused-ring (bicyclic) bond motifs is 4. The number of benzene rings is 2. The van der Waals surface area contributed by atoms with Crippen LogP contribution < -0.4 is 10.5 Å². The molecule has 2 aromatic carbocycles. The number of aromatic nitrogens is 3. The molecule has 0 spiro atoms.